The van der Waals surface area contributed by atoms with E-state index < -0.39 is 6.37 Å². The van der Waals surface area contributed by atoms with Gasteiger partial charge in [0.1, 0.15) is 5.58 Å². The molecule has 0 atom stereocenters. The fourth-order valence-electron chi connectivity index (χ4n) is 6.00. The molecule has 9 aromatic rings. The molecular formula is C47H32IrN2O-2. The van der Waals surface area contributed by atoms with Gasteiger partial charge in [0.05, 0.1) is 5.58 Å². The van der Waals surface area contributed by atoms with Crippen molar-refractivity contribution in [3.8, 4) is 44.8 Å². The third-order valence-electron chi connectivity index (χ3n) is 8.48. The number of fused-ring (bicyclic) bond motifs is 3. The first-order valence-electron chi connectivity index (χ1n) is 17.5. The summed E-state index contributed by atoms with van der Waals surface area (Å²) in [5, 5.41) is 1.79. The quantitative estimate of drug-likeness (QED) is 0.157. The van der Waals surface area contributed by atoms with Crippen molar-refractivity contribution in [2.75, 3.05) is 0 Å². The van der Waals surface area contributed by atoms with E-state index in [9.17, 15) is 0 Å². The first-order chi connectivity index (χ1) is 25.5. The summed E-state index contributed by atoms with van der Waals surface area (Å²) < 4.78 is 23.9. The van der Waals surface area contributed by atoms with Crippen molar-refractivity contribution in [2.45, 2.75) is 6.37 Å². The molecule has 3 heterocycles. The van der Waals surface area contributed by atoms with Gasteiger partial charge < -0.3 is 14.4 Å². The Hall–Kier alpha value is -5.93. The van der Waals surface area contributed by atoms with E-state index in [1.165, 1.54) is 11.1 Å². The van der Waals surface area contributed by atoms with Gasteiger partial charge in [-0.1, -0.05) is 133 Å². The number of furan rings is 1. The molecule has 6 aromatic carbocycles. The molecule has 0 spiro atoms. The Morgan fingerprint density at radius 1 is 0.529 bits per heavy atom. The molecule has 0 aliphatic heterocycles. The SMILES string of the molecule is [2H]C([2H])(c1ccccc1)c1cccc2c1oc1c[c-]c(-c3cc(-c4ccccc4)ccn3)cc12.[Ir].[c-]1ccc(-c2ccccc2)cc1-c1ccccn1. The van der Waals surface area contributed by atoms with Crippen LogP contribution in [0.2, 0.25) is 0 Å². The monoisotopic (exact) mass is 835 g/mol. The standard InChI is InChI=1S/C30H20NO.C17H12N.Ir/c1-3-8-21(9-4-1)18-25-12-7-13-26-27-19-24(14-15-29(27)32-30(25)26)28-20-23(16-17-31-28)22-10-5-2-6-11-22;1-2-7-14(8-3-1)15-9-6-10-16(13-15)17-11-4-5-12-18-17;/h1-13,15-17,19-20H,18H2;1-9,11-13H;/q2*-1;/i18D2;;. The molecule has 0 fully saturated rings. The van der Waals surface area contributed by atoms with Crippen LogP contribution in [0, 0.1) is 12.1 Å². The molecule has 0 aliphatic carbocycles. The van der Waals surface area contributed by atoms with Gasteiger partial charge in [-0.15, -0.1) is 59.2 Å². The Labute approximate surface area is 314 Å². The zero-order chi connectivity index (χ0) is 35.3. The Balaban J connectivity index is 0.000000194. The van der Waals surface area contributed by atoms with Crippen LogP contribution in [0.4, 0.5) is 0 Å². The van der Waals surface area contributed by atoms with Gasteiger partial charge in [-0.2, -0.15) is 0 Å². The summed E-state index contributed by atoms with van der Waals surface area (Å²) in [5.74, 6) is 0. The molecule has 3 aromatic heterocycles. The van der Waals surface area contributed by atoms with Gasteiger partial charge in [0.25, 0.3) is 0 Å². The molecule has 247 valence electrons. The molecule has 0 amide bonds. The molecule has 0 aliphatic rings. The summed E-state index contributed by atoms with van der Waals surface area (Å²) in [6, 6.07) is 61.9. The fourth-order valence-corrected chi connectivity index (χ4v) is 6.00. The summed E-state index contributed by atoms with van der Waals surface area (Å²) in [6.07, 6.45) is 1.93. The van der Waals surface area contributed by atoms with Gasteiger partial charge in [-0.25, -0.2) is 0 Å². The van der Waals surface area contributed by atoms with Crippen LogP contribution in [0.1, 0.15) is 13.9 Å². The van der Waals surface area contributed by atoms with Crippen molar-refractivity contribution < 1.29 is 27.3 Å². The van der Waals surface area contributed by atoms with Gasteiger partial charge in [-0.05, 0) is 51.3 Å². The molecule has 51 heavy (non-hydrogen) atoms. The predicted molar refractivity (Wildman–Crippen MR) is 204 cm³/mol. The number of nitrogens with zero attached hydrogens (tertiary/aromatic N) is 2. The summed E-state index contributed by atoms with van der Waals surface area (Å²) in [4.78, 5) is 8.93. The molecule has 1 radical (unpaired) electrons. The normalized spacial score (nSPS) is 11.5. The number of para-hydroxylation sites is 1. The average Bonchev–Trinajstić information content (AvgIpc) is 3.61. The van der Waals surface area contributed by atoms with E-state index in [2.05, 4.69) is 64.6 Å². The van der Waals surface area contributed by atoms with Crippen molar-refractivity contribution in [3.63, 3.8) is 0 Å². The van der Waals surface area contributed by atoms with Crippen LogP contribution in [0.5, 0.6) is 0 Å². The number of aromatic nitrogens is 2. The molecule has 0 bridgehead atoms. The Morgan fingerprint density at radius 3 is 1.92 bits per heavy atom. The number of rotatable bonds is 6. The van der Waals surface area contributed by atoms with E-state index in [-0.39, 0.29) is 20.1 Å². The summed E-state index contributed by atoms with van der Waals surface area (Å²) >= 11 is 0. The third kappa shape index (κ3) is 7.64. The van der Waals surface area contributed by atoms with Gasteiger partial charge >= 0.3 is 0 Å². The van der Waals surface area contributed by atoms with E-state index in [4.69, 9.17) is 7.16 Å². The molecule has 3 nitrogen and oxygen atoms in total. The Morgan fingerprint density at radius 2 is 1.20 bits per heavy atom. The van der Waals surface area contributed by atoms with Gasteiger partial charge in [0.2, 0.25) is 0 Å². The molecular weight excluding hydrogens is 801 g/mol. The molecule has 0 saturated carbocycles. The van der Waals surface area contributed by atoms with Gasteiger partial charge in [0.15, 0.2) is 0 Å². The van der Waals surface area contributed by atoms with Crippen LogP contribution in [-0.4, -0.2) is 9.97 Å². The largest absolute Gasteiger partial charge is 0.500 e. The average molecular weight is 835 g/mol. The van der Waals surface area contributed by atoms with Crippen LogP contribution in [-0.2, 0) is 26.5 Å². The van der Waals surface area contributed by atoms with E-state index in [1.54, 1.807) is 24.4 Å². The molecule has 9 rings (SSSR count). The van der Waals surface area contributed by atoms with Crippen LogP contribution >= 0.6 is 0 Å². The Kier molecular flexibility index (Phi) is 9.59. The first-order valence-corrected chi connectivity index (χ1v) is 16.5. The van der Waals surface area contributed by atoms with E-state index >= 15 is 0 Å². The van der Waals surface area contributed by atoms with Crippen molar-refractivity contribution >= 4 is 21.9 Å². The maximum absolute atomic E-state index is 8.83. The van der Waals surface area contributed by atoms with Crippen molar-refractivity contribution in [1.82, 2.24) is 9.97 Å². The van der Waals surface area contributed by atoms with Crippen LogP contribution in [0.15, 0.2) is 187 Å². The van der Waals surface area contributed by atoms with Gasteiger partial charge in [0, 0.05) is 47.0 Å². The maximum atomic E-state index is 8.83. The summed E-state index contributed by atoms with van der Waals surface area (Å²) in [5.41, 5.74) is 10.6. The van der Waals surface area contributed by atoms with E-state index in [0.29, 0.717) is 22.3 Å². The smallest absolute Gasteiger partial charge is 0.124 e. The summed E-state index contributed by atoms with van der Waals surface area (Å²) in [6.45, 7) is 0. The second kappa shape index (κ2) is 15.7. The topological polar surface area (TPSA) is 38.9 Å². The second-order valence-electron chi connectivity index (χ2n) is 11.8. The van der Waals surface area contributed by atoms with E-state index in [0.717, 1.165) is 44.4 Å². The number of hydrogen-bond donors (Lipinski definition) is 0. The minimum absolute atomic E-state index is 0. The fraction of sp³-hybridized carbons (Fsp3) is 0.0213. The number of hydrogen-bond acceptors (Lipinski definition) is 3. The van der Waals surface area contributed by atoms with Crippen LogP contribution in [0.25, 0.3) is 66.7 Å². The molecule has 4 heteroatoms. The van der Waals surface area contributed by atoms with Crippen molar-refractivity contribution in [1.29, 1.82) is 0 Å². The van der Waals surface area contributed by atoms with Crippen LogP contribution < -0.4 is 0 Å². The van der Waals surface area contributed by atoms with Crippen molar-refractivity contribution in [3.05, 3.63) is 206 Å². The third-order valence-corrected chi connectivity index (χ3v) is 8.48. The minimum atomic E-state index is -1.69. The zero-order valence-electron chi connectivity index (χ0n) is 29.5. The number of benzene rings is 6. The molecule has 0 unspecified atom stereocenters. The maximum Gasteiger partial charge on any atom is 0.124 e. The number of pyridine rings is 2. The second-order valence-corrected chi connectivity index (χ2v) is 11.8. The Bertz CT molecular complexity index is 2540. The first kappa shape index (κ1) is 31.1. The van der Waals surface area contributed by atoms with Crippen molar-refractivity contribution in [2.24, 2.45) is 0 Å². The summed E-state index contributed by atoms with van der Waals surface area (Å²) in [7, 11) is 0. The predicted octanol–water partition coefficient (Wildman–Crippen LogP) is 11.9. The molecule has 0 N–H and O–H groups in total. The molecule has 0 saturated heterocycles. The van der Waals surface area contributed by atoms with Crippen LogP contribution in [0.3, 0.4) is 0 Å². The zero-order valence-corrected chi connectivity index (χ0v) is 29.9. The minimum Gasteiger partial charge on any atom is -0.500 e. The van der Waals surface area contributed by atoms with E-state index in [1.807, 2.05) is 115 Å². The van der Waals surface area contributed by atoms with Gasteiger partial charge in [-0.3, -0.25) is 0 Å².